The molecule has 1 amide bonds. The van der Waals surface area contributed by atoms with Crippen LogP contribution < -0.4 is 10.6 Å². The zero-order chi connectivity index (χ0) is 14.0. The molecule has 6 heteroatoms. The molecule has 1 saturated carbocycles. The van der Waals surface area contributed by atoms with E-state index in [1.165, 1.54) is 6.07 Å². The van der Waals surface area contributed by atoms with Gasteiger partial charge in [-0.15, -0.1) is 0 Å². The van der Waals surface area contributed by atoms with Gasteiger partial charge in [0, 0.05) is 11.7 Å². The fraction of sp³-hybridized carbons (Fsp3) is 0.462. The molecule has 0 atom stereocenters. The van der Waals surface area contributed by atoms with Gasteiger partial charge < -0.3 is 10.6 Å². The number of nitrogens with one attached hydrogen (secondary N) is 2. The van der Waals surface area contributed by atoms with Gasteiger partial charge in [-0.05, 0) is 37.5 Å². The average Bonchev–Trinajstić information content (AvgIpc) is 3.10. The third kappa shape index (κ3) is 3.87. The number of hydrogen-bond acceptors (Lipinski definition) is 2. The highest BCUT2D eigenvalue weighted by Crippen LogP contribution is 2.31. The Balaban J connectivity index is 2.00. The zero-order valence-electron chi connectivity index (χ0n) is 10.5. The number of rotatable bonds is 4. The standard InChI is InChI=1S/C13H15F3N2O/c1-8-2-3-9(13(14,15)16)6-11(8)17-7-12(19)18-10-4-5-10/h2-3,6,10,17H,4-5,7H2,1H3,(H,18,19). The van der Waals surface area contributed by atoms with Gasteiger partial charge in [-0.2, -0.15) is 13.2 Å². The average molecular weight is 272 g/mol. The van der Waals surface area contributed by atoms with Crippen molar-refractivity contribution in [2.45, 2.75) is 32.0 Å². The Morgan fingerprint density at radius 2 is 2.05 bits per heavy atom. The first-order valence-electron chi connectivity index (χ1n) is 6.07. The van der Waals surface area contributed by atoms with Crippen molar-refractivity contribution >= 4 is 11.6 Å². The van der Waals surface area contributed by atoms with E-state index in [0.717, 1.165) is 25.0 Å². The fourth-order valence-electron chi connectivity index (χ4n) is 1.67. The van der Waals surface area contributed by atoms with E-state index in [1.54, 1.807) is 6.92 Å². The maximum absolute atomic E-state index is 12.6. The number of aryl methyl sites for hydroxylation is 1. The van der Waals surface area contributed by atoms with E-state index in [4.69, 9.17) is 0 Å². The minimum atomic E-state index is -4.37. The molecule has 0 heterocycles. The molecule has 0 unspecified atom stereocenters. The summed E-state index contributed by atoms with van der Waals surface area (Å²) in [5, 5.41) is 5.51. The van der Waals surface area contributed by atoms with Crippen LogP contribution in [0.5, 0.6) is 0 Å². The molecule has 1 aromatic rings. The maximum atomic E-state index is 12.6. The van der Waals surface area contributed by atoms with E-state index in [2.05, 4.69) is 10.6 Å². The minimum absolute atomic E-state index is 0.0152. The van der Waals surface area contributed by atoms with Gasteiger partial charge in [0.25, 0.3) is 0 Å². The molecule has 2 N–H and O–H groups in total. The van der Waals surface area contributed by atoms with Gasteiger partial charge in [0.2, 0.25) is 5.91 Å². The normalized spacial score (nSPS) is 15.2. The molecule has 1 aromatic carbocycles. The summed E-state index contributed by atoms with van der Waals surface area (Å²) in [6.45, 7) is 1.68. The first-order chi connectivity index (χ1) is 8.86. The van der Waals surface area contributed by atoms with E-state index in [1.807, 2.05) is 0 Å². The lowest BCUT2D eigenvalue weighted by Gasteiger charge is -2.13. The van der Waals surface area contributed by atoms with E-state index in [0.29, 0.717) is 11.3 Å². The van der Waals surface area contributed by atoms with Crippen LogP contribution in [-0.2, 0) is 11.0 Å². The van der Waals surface area contributed by atoms with E-state index >= 15 is 0 Å². The molecule has 0 bridgehead atoms. The summed E-state index contributed by atoms with van der Waals surface area (Å²) in [5.41, 5.74) is 0.288. The molecule has 0 saturated heterocycles. The SMILES string of the molecule is Cc1ccc(C(F)(F)F)cc1NCC(=O)NC1CC1. The molecule has 104 valence electrons. The summed E-state index contributed by atoms with van der Waals surface area (Å²) < 4.78 is 37.7. The number of amides is 1. The topological polar surface area (TPSA) is 41.1 Å². The van der Waals surface area contributed by atoms with Gasteiger partial charge in [0.1, 0.15) is 0 Å². The molecule has 0 aliphatic heterocycles. The first-order valence-corrected chi connectivity index (χ1v) is 6.07. The van der Waals surface area contributed by atoms with E-state index < -0.39 is 11.7 Å². The van der Waals surface area contributed by atoms with Crippen LogP contribution in [0.3, 0.4) is 0 Å². The lowest BCUT2D eigenvalue weighted by atomic mass is 10.1. The van der Waals surface area contributed by atoms with Gasteiger partial charge in [0.15, 0.2) is 0 Å². The Kier molecular flexibility index (Phi) is 3.68. The third-order valence-corrected chi connectivity index (χ3v) is 2.95. The molecule has 2 rings (SSSR count). The highest BCUT2D eigenvalue weighted by molar-refractivity contribution is 5.81. The van der Waals surface area contributed by atoms with Crippen LogP contribution in [0.25, 0.3) is 0 Å². The van der Waals surface area contributed by atoms with Crippen molar-refractivity contribution in [1.82, 2.24) is 5.32 Å². The van der Waals surface area contributed by atoms with Crippen LogP contribution in [0.2, 0.25) is 0 Å². The number of carbonyl (C=O) groups excluding carboxylic acids is 1. The third-order valence-electron chi connectivity index (χ3n) is 2.95. The predicted molar refractivity (Wildman–Crippen MR) is 65.8 cm³/mol. The van der Waals surface area contributed by atoms with Gasteiger partial charge in [-0.3, -0.25) is 4.79 Å². The van der Waals surface area contributed by atoms with E-state index in [-0.39, 0.29) is 18.5 Å². The quantitative estimate of drug-likeness (QED) is 0.884. The van der Waals surface area contributed by atoms with Crippen LogP contribution in [0.4, 0.5) is 18.9 Å². The summed E-state index contributed by atoms with van der Waals surface area (Å²) in [6.07, 6.45) is -2.41. The second kappa shape index (κ2) is 5.11. The second-order valence-electron chi connectivity index (χ2n) is 4.72. The van der Waals surface area contributed by atoms with Gasteiger partial charge in [-0.1, -0.05) is 6.07 Å². The van der Waals surface area contributed by atoms with Crippen molar-refractivity contribution in [3.05, 3.63) is 29.3 Å². The van der Waals surface area contributed by atoms with Crippen molar-refractivity contribution < 1.29 is 18.0 Å². The molecule has 1 aliphatic rings. The Labute approximate surface area is 109 Å². The second-order valence-corrected chi connectivity index (χ2v) is 4.72. The first kappa shape index (κ1) is 13.7. The largest absolute Gasteiger partial charge is 0.416 e. The molecule has 0 aromatic heterocycles. The molecule has 3 nitrogen and oxygen atoms in total. The smallest absolute Gasteiger partial charge is 0.376 e. The van der Waals surface area contributed by atoms with Gasteiger partial charge in [0.05, 0.1) is 12.1 Å². The Bertz CT molecular complexity index is 481. The van der Waals surface area contributed by atoms with Crippen LogP contribution in [-0.4, -0.2) is 18.5 Å². The van der Waals surface area contributed by atoms with Crippen LogP contribution >= 0.6 is 0 Å². The highest BCUT2D eigenvalue weighted by Gasteiger charge is 2.30. The summed E-state index contributed by atoms with van der Waals surface area (Å²) in [6, 6.07) is 3.70. The number of benzene rings is 1. The molecule has 1 fully saturated rings. The van der Waals surface area contributed by atoms with Gasteiger partial charge in [-0.25, -0.2) is 0 Å². The molecular weight excluding hydrogens is 257 g/mol. The maximum Gasteiger partial charge on any atom is 0.416 e. The Hall–Kier alpha value is -1.72. The molecule has 1 aliphatic carbocycles. The predicted octanol–water partition coefficient (Wildman–Crippen LogP) is 2.70. The highest BCUT2D eigenvalue weighted by atomic mass is 19.4. The molecular formula is C13H15F3N2O. The number of carbonyl (C=O) groups is 1. The Morgan fingerprint density at radius 1 is 1.37 bits per heavy atom. The van der Waals surface area contributed by atoms with Crippen molar-refractivity contribution in [3.8, 4) is 0 Å². The van der Waals surface area contributed by atoms with Crippen LogP contribution in [0, 0.1) is 6.92 Å². The lowest BCUT2D eigenvalue weighted by Crippen LogP contribution is -2.31. The van der Waals surface area contributed by atoms with Crippen molar-refractivity contribution in [3.63, 3.8) is 0 Å². The zero-order valence-corrected chi connectivity index (χ0v) is 10.5. The summed E-state index contributed by atoms with van der Waals surface area (Å²) in [7, 11) is 0. The van der Waals surface area contributed by atoms with Crippen molar-refractivity contribution in [2.75, 3.05) is 11.9 Å². The summed E-state index contributed by atoms with van der Waals surface area (Å²) in [4.78, 5) is 11.5. The monoisotopic (exact) mass is 272 g/mol. The summed E-state index contributed by atoms with van der Waals surface area (Å²) >= 11 is 0. The van der Waals surface area contributed by atoms with E-state index in [9.17, 15) is 18.0 Å². The number of halogens is 3. The van der Waals surface area contributed by atoms with Crippen molar-refractivity contribution in [1.29, 1.82) is 0 Å². The number of alkyl halides is 3. The number of hydrogen-bond donors (Lipinski definition) is 2. The van der Waals surface area contributed by atoms with Crippen molar-refractivity contribution in [2.24, 2.45) is 0 Å². The van der Waals surface area contributed by atoms with Crippen LogP contribution in [0.1, 0.15) is 24.0 Å². The molecule has 0 spiro atoms. The minimum Gasteiger partial charge on any atom is -0.376 e. The lowest BCUT2D eigenvalue weighted by molar-refractivity contribution is -0.137. The fourth-order valence-corrected chi connectivity index (χ4v) is 1.67. The van der Waals surface area contributed by atoms with Gasteiger partial charge >= 0.3 is 6.18 Å². The molecule has 0 radical (unpaired) electrons. The molecule has 19 heavy (non-hydrogen) atoms. The summed E-state index contributed by atoms with van der Waals surface area (Å²) in [5.74, 6) is -0.195. The Morgan fingerprint density at radius 3 is 2.63 bits per heavy atom. The van der Waals surface area contributed by atoms with Crippen LogP contribution in [0.15, 0.2) is 18.2 Å². The number of anilines is 1.